The molecule has 1 saturated heterocycles. The van der Waals surface area contributed by atoms with Crippen LogP contribution in [0.15, 0.2) is 41.5 Å². The van der Waals surface area contributed by atoms with E-state index < -0.39 is 11.6 Å². The maximum Gasteiger partial charge on any atom is 0.219 e. The maximum absolute atomic E-state index is 12.8. The average molecular weight is 284 g/mol. The lowest BCUT2D eigenvalue weighted by Gasteiger charge is -2.33. The van der Waals surface area contributed by atoms with Gasteiger partial charge in [-0.2, -0.15) is 0 Å². The molecule has 5 nitrogen and oxygen atoms in total. The first-order chi connectivity index (χ1) is 10.1. The van der Waals surface area contributed by atoms with Crippen LogP contribution in [0.4, 0.5) is 0 Å². The summed E-state index contributed by atoms with van der Waals surface area (Å²) in [6.07, 6.45) is 3.82. The first-order valence-electron chi connectivity index (χ1n) is 6.75. The summed E-state index contributed by atoms with van der Waals surface area (Å²) in [4.78, 5) is 25.4. The first-order valence-corrected chi connectivity index (χ1v) is 6.75. The summed E-state index contributed by atoms with van der Waals surface area (Å²) in [7, 11) is 0. The number of fused-ring (bicyclic) bond motifs is 2. The molecule has 0 bridgehead atoms. The SMILES string of the molecule is O=C1C2=C(C(=O)c3c(O)cccc31)C1(C=CC2)OCCO1. The monoisotopic (exact) mass is 284 g/mol. The second-order valence-corrected chi connectivity index (χ2v) is 5.18. The molecule has 21 heavy (non-hydrogen) atoms. The fraction of sp³-hybridized carbons (Fsp3) is 0.250. The quantitative estimate of drug-likeness (QED) is 0.735. The highest BCUT2D eigenvalue weighted by Gasteiger charge is 2.49. The largest absolute Gasteiger partial charge is 0.507 e. The van der Waals surface area contributed by atoms with Gasteiger partial charge in [-0.1, -0.05) is 18.2 Å². The second kappa shape index (κ2) is 4.13. The van der Waals surface area contributed by atoms with E-state index in [4.69, 9.17) is 9.47 Å². The molecule has 1 spiro atoms. The van der Waals surface area contributed by atoms with E-state index in [-0.39, 0.29) is 28.2 Å². The van der Waals surface area contributed by atoms with Crippen molar-refractivity contribution >= 4 is 11.6 Å². The summed E-state index contributed by atoms with van der Waals surface area (Å²) < 4.78 is 11.2. The van der Waals surface area contributed by atoms with E-state index in [9.17, 15) is 14.7 Å². The molecule has 0 unspecified atom stereocenters. The Hall–Kier alpha value is -2.24. The molecular formula is C16H12O5. The number of phenolic OH excluding ortho intramolecular Hbond substituents is 1. The Morgan fingerprint density at radius 1 is 1.10 bits per heavy atom. The number of benzene rings is 1. The lowest BCUT2D eigenvalue weighted by molar-refractivity contribution is -0.0839. The molecule has 106 valence electrons. The van der Waals surface area contributed by atoms with E-state index in [0.29, 0.717) is 25.2 Å². The van der Waals surface area contributed by atoms with Gasteiger partial charge in [0.15, 0.2) is 11.6 Å². The minimum absolute atomic E-state index is 0.0371. The fourth-order valence-electron chi connectivity index (χ4n) is 3.15. The van der Waals surface area contributed by atoms with Gasteiger partial charge in [-0.3, -0.25) is 9.59 Å². The molecular weight excluding hydrogens is 272 g/mol. The molecule has 0 saturated carbocycles. The number of hydrogen-bond donors (Lipinski definition) is 1. The molecule has 0 radical (unpaired) electrons. The van der Waals surface area contributed by atoms with E-state index in [1.807, 2.05) is 0 Å². The fourth-order valence-corrected chi connectivity index (χ4v) is 3.15. The first kappa shape index (κ1) is 12.5. The number of hydrogen-bond acceptors (Lipinski definition) is 5. The minimum Gasteiger partial charge on any atom is -0.507 e. The van der Waals surface area contributed by atoms with Crippen LogP contribution in [0.2, 0.25) is 0 Å². The van der Waals surface area contributed by atoms with Gasteiger partial charge in [-0.25, -0.2) is 0 Å². The predicted octanol–water partition coefficient (Wildman–Crippen LogP) is 1.77. The van der Waals surface area contributed by atoms with Gasteiger partial charge in [0.2, 0.25) is 5.79 Å². The third-order valence-corrected chi connectivity index (χ3v) is 4.04. The maximum atomic E-state index is 12.8. The molecule has 5 heteroatoms. The number of ketones is 2. The number of allylic oxidation sites excluding steroid dienone is 2. The average Bonchev–Trinajstić information content (AvgIpc) is 2.93. The van der Waals surface area contributed by atoms with Crippen LogP contribution >= 0.6 is 0 Å². The zero-order valence-electron chi connectivity index (χ0n) is 11.1. The standard InChI is InChI=1S/C16H12O5/c17-11-5-1-3-9-12(11)15(19)13-10(14(9)18)4-2-6-16(13)20-7-8-21-16/h1-3,5-6,17H,4,7-8H2. The highest BCUT2D eigenvalue weighted by molar-refractivity contribution is 6.28. The highest BCUT2D eigenvalue weighted by atomic mass is 16.7. The number of aromatic hydroxyl groups is 1. The lowest BCUT2D eigenvalue weighted by atomic mass is 9.76. The van der Waals surface area contributed by atoms with Crippen LogP contribution in [0.25, 0.3) is 0 Å². The Bertz CT molecular complexity index is 735. The Kier molecular flexibility index (Phi) is 2.46. The van der Waals surface area contributed by atoms with Gasteiger partial charge < -0.3 is 14.6 Å². The summed E-state index contributed by atoms with van der Waals surface area (Å²) in [5.74, 6) is -2.12. The van der Waals surface area contributed by atoms with Crippen molar-refractivity contribution < 1.29 is 24.2 Å². The van der Waals surface area contributed by atoms with Gasteiger partial charge in [0, 0.05) is 11.1 Å². The van der Waals surface area contributed by atoms with Crippen LogP contribution in [0.3, 0.4) is 0 Å². The van der Waals surface area contributed by atoms with Crippen molar-refractivity contribution in [1.82, 2.24) is 0 Å². The Morgan fingerprint density at radius 2 is 1.86 bits per heavy atom. The normalized spacial score (nSPS) is 22.7. The second-order valence-electron chi connectivity index (χ2n) is 5.18. The van der Waals surface area contributed by atoms with Crippen molar-refractivity contribution in [2.75, 3.05) is 13.2 Å². The van der Waals surface area contributed by atoms with Gasteiger partial charge in [0.05, 0.1) is 24.4 Å². The van der Waals surface area contributed by atoms with Crippen molar-refractivity contribution in [2.45, 2.75) is 12.2 Å². The Morgan fingerprint density at radius 3 is 2.62 bits per heavy atom. The van der Waals surface area contributed by atoms with Crippen LogP contribution in [0.5, 0.6) is 5.75 Å². The molecule has 4 rings (SSSR count). The highest BCUT2D eigenvalue weighted by Crippen LogP contribution is 2.43. The van der Waals surface area contributed by atoms with Gasteiger partial charge >= 0.3 is 0 Å². The van der Waals surface area contributed by atoms with Gasteiger partial charge in [0.1, 0.15) is 5.75 Å². The third-order valence-electron chi connectivity index (χ3n) is 4.04. The topological polar surface area (TPSA) is 72.8 Å². The van der Waals surface area contributed by atoms with Crippen LogP contribution in [-0.2, 0) is 9.47 Å². The third kappa shape index (κ3) is 1.53. The summed E-state index contributed by atoms with van der Waals surface area (Å²) >= 11 is 0. The van der Waals surface area contributed by atoms with Gasteiger partial charge in [-0.15, -0.1) is 0 Å². The molecule has 2 aliphatic carbocycles. The van der Waals surface area contributed by atoms with Gasteiger partial charge in [0.25, 0.3) is 0 Å². The van der Waals surface area contributed by atoms with Gasteiger partial charge in [-0.05, 0) is 18.6 Å². The van der Waals surface area contributed by atoms with Crippen molar-refractivity contribution in [2.24, 2.45) is 0 Å². The lowest BCUT2D eigenvalue weighted by Crippen LogP contribution is -2.40. The van der Waals surface area contributed by atoms with E-state index in [1.165, 1.54) is 6.07 Å². The smallest absolute Gasteiger partial charge is 0.219 e. The van der Waals surface area contributed by atoms with Crippen LogP contribution in [0.1, 0.15) is 27.1 Å². The molecule has 1 heterocycles. The molecule has 1 aromatic rings. The van der Waals surface area contributed by atoms with Crippen molar-refractivity contribution in [3.05, 3.63) is 52.6 Å². The molecule has 0 atom stereocenters. The summed E-state index contributed by atoms with van der Waals surface area (Å²) in [5.41, 5.74) is 0.876. The van der Waals surface area contributed by atoms with Crippen molar-refractivity contribution in [1.29, 1.82) is 0 Å². The number of ether oxygens (including phenoxy) is 2. The number of carbonyl (C=O) groups excluding carboxylic acids is 2. The Balaban J connectivity index is 1.97. The molecule has 1 fully saturated rings. The number of carbonyl (C=O) groups is 2. The van der Waals surface area contributed by atoms with E-state index in [1.54, 1.807) is 24.3 Å². The molecule has 1 aromatic carbocycles. The van der Waals surface area contributed by atoms with Crippen LogP contribution in [0, 0.1) is 0 Å². The zero-order chi connectivity index (χ0) is 14.6. The van der Waals surface area contributed by atoms with Crippen molar-refractivity contribution in [3.63, 3.8) is 0 Å². The zero-order valence-corrected chi connectivity index (χ0v) is 11.1. The van der Waals surface area contributed by atoms with E-state index >= 15 is 0 Å². The molecule has 0 aromatic heterocycles. The summed E-state index contributed by atoms with van der Waals surface area (Å²) in [6, 6.07) is 4.51. The van der Waals surface area contributed by atoms with Crippen molar-refractivity contribution in [3.8, 4) is 5.75 Å². The number of Topliss-reactive ketones (excluding diaryl/α,β-unsaturated/α-hetero) is 2. The molecule has 1 N–H and O–H groups in total. The molecule has 3 aliphatic rings. The summed E-state index contributed by atoms with van der Waals surface area (Å²) in [6.45, 7) is 0.715. The summed E-state index contributed by atoms with van der Waals surface area (Å²) in [5, 5.41) is 9.97. The van der Waals surface area contributed by atoms with E-state index in [0.717, 1.165) is 0 Å². The minimum atomic E-state index is -1.28. The molecule has 0 amide bonds. The van der Waals surface area contributed by atoms with E-state index in [2.05, 4.69) is 0 Å². The Labute approximate surface area is 120 Å². The molecule has 1 aliphatic heterocycles. The number of phenols is 1. The number of rotatable bonds is 0. The van der Waals surface area contributed by atoms with Crippen LogP contribution < -0.4 is 0 Å². The predicted molar refractivity (Wildman–Crippen MR) is 72.2 cm³/mol. The van der Waals surface area contributed by atoms with Crippen LogP contribution in [-0.4, -0.2) is 35.7 Å².